The van der Waals surface area contributed by atoms with E-state index in [-0.39, 0.29) is 17.4 Å². The third-order valence-corrected chi connectivity index (χ3v) is 4.37. The van der Waals surface area contributed by atoms with Crippen molar-refractivity contribution in [3.05, 3.63) is 23.2 Å². The van der Waals surface area contributed by atoms with Gasteiger partial charge in [-0.3, -0.25) is 4.79 Å². The Bertz CT molecular complexity index is 488. The van der Waals surface area contributed by atoms with E-state index in [1.165, 1.54) is 0 Å². The smallest absolute Gasteiger partial charge is 0.232 e. The lowest BCUT2D eigenvalue weighted by molar-refractivity contribution is -0.124. The Morgan fingerprint density at radius 2 is 2.29 bits per heavy atom. The zero-order valence-corrected chi connectivity index (χ0v) is 10.5. The molecule has 0 aromatic heterocycles. The van der Waals surface area contributed by atoms with E-state index in [1.807, 2.05) is 19.1 Å². The first-order chi connectivity index (χ1) is 8.11. The second-order valence-electron chi connectivity index (χ2n) is 5.12. The highest BCUT2D eigenvalue weighted by Gasteiger charge is 2.47. The number of hydrogen-bond acceptors (Lipinski definition) is 2. The molecular formula is C13H15ClN2O. The first-order valence-corrected chi connectivity index (χ1v) is 6.35. The molecule has 1 aromatic rings. The molecule has 1 saturated carbocycles. The molecule has 4 heteroatoms. The lowest BCUT2D eigenvalue weighted by atomic mass is 9.84. The van der Waals surface area contributed by atoms with Crippen LogP contribution in [0, 0.1) is 5.41 Å². The Labute approximate surface area is 106 Å². The van der Waals surface area contributed by atoms with Gasteiger partial charge >= 0.3 is 0 Å². The fraction of sp³-hybridized carbons (Fsp3) is 0.462. The zero-order valence-electron chi connectivity index (χ0n) is 9.72. The first-order valence-electron chi connectivity index (χ1n) is 5.98. The molecule has 17 heavy (non-hydrogen) atoms. The van der Waals surface area contributed by atoms with Crippen molar-refractivity contribution in [1.82, 2.24) is 0 Å². The maximum Gasteiger partial charge on any atom is 0.232 e. The summed E-state index contributed by atoms with van der Waals surface area (Å²) in [4.78, 5) is 12.3. The van der Waals surface area contributed by atoms with Crippen molar-refractivity contribution in [3.63, 3.8) is 0 Å². The molecule has 2 aliphatic rings. The van der Waals surface area contributed by atoms with E-state index in [0.29, 0.717) is 5.02 Å². The van der Waals surface area contributed by atoms with Crippen LogP contribution in [-0.2, 0) is 4.79 Å². The molecule has 1 fully saturated rings. The quantitative estimate of drug-likeness (QED) is 0.742. The van der Waals surface area contributed by atoms with Crippen LogP contribution < -0.4 is 10.6 Å². The number of hydrogen-bond donors (Lipinski definition) is 2. The minimum absolute atomic E-state index is 0.0827. The summed E-state index contributed by atoms with van der Waals surface area (Å²) in [5, 5.41) is 7.02. The summed E-state index contributed by atoms with van der Waals surface area (Å²) in [6.07, 6.45) is 3.06. The zero-order chi connectivity index (χ0) is 12.0. The lowest BCUT2D eigenvalue weighted by Crippen LogP contribution is -2.41. The van der Waals surface area contributed by atoms with Crippen LogP contribution in [0.4, 0.5) is 11.4 Å². The second kappa shape index (κ2) is 3.64. The molecule has 3 rings (SSSR count). The highest BCUT2D eigenvalue weighted by molar-refractivity contribution is 6.34. The van der Waals surface area contributed by atoms with Gasteiger partial charge in [0.2, 0.25) is 5.91 Å². The van der Waals surface area contributed by atoms with Crippen LogP contribution >= 0.6 is 11.6 Å². The van der Waals surface area contributed by atoms with Gasteiger partial charge in [0.05, 0.1) is 21.8 Å². The van der Waals surface area contributed by atoms with E-state index >= 15 is 0 Å². The summed E-state index contributed by atoms with van der Waals surface area (Å²) in [6.45, 7) is 2.03. The average Bonchev–Trinajstić information content (AvgIpc) is 2.62. The van der Waals surface area contributed by atoms with Gasteiger partial charge in [0.1, 0.15) is 0 Å². The van der Waals surface area contributed by atoms with Crippen molar-refractivity contribution in [1.29, 1.82) is 0 Å². The minimum Gasteiger partial charge on any atom is -0.380 e. The third kappa shape index (κ3) is 1.53. The van der Waals surface area contributed by atoms with Crippen LogP contribution in [-0.4, -0.2) is 11.9 Å². The molecule has 1 amide bonds. The molecule has 0 bridgehead atoms. The standard InChI is InChI=1S/C13H15ClN2O/c1-13-7-3-6-10(13)15-9-5-2-4-8(14)11(9)16-12(13)17/h2,4-5,10,15H,3,6-7H2,1H3,(H,16,17). The number of halogens is 1. The lowest BCUT2D eigenvalue weighted by Gasteiger charge is -2.27. The van der Waals surface area contributed by atoms with Crippen LogP contribution in [0.5, 0.6) is 0 Å². The van der Waals surface area contributed by atoms with Crippen LogP contribution in [0.25, 0.3) is 0 Å². The molecule has 0 spiro atoms. The van der Waals surface area contributed by atoms with E-state index in [4.69, 9.17) is 11.6 Å². The van der Waals surface area contributed by atoms with Crippen LogP contribution in [0.2, 0.25) is 5.02 Å². The number of carbonyl (C=O) groups excluding carboxylic acids is 1. The Morgan fingerprint density at radius 3 is 3.12 bits per heavy atom. The summed E-state index contributed by atoms with van der Waals surface area (Å²) >= 11 is 6.13. The number of amides is 1. The minimum atomic E-state index is -0.317. The van der Waals surface area contributed by atoms with Gasteiger partial charge < -0.3 is 10.6 Å². The van der Waals surface area contributed by atoms with Crippen molar-refractivity contribution in [3.8, 4) is 0 Å². The molecule has 0 radical (unpaired) electrons. The molecule has 1 aromatic carbocycles. The molecule has 2 unspecified atom stereocenters. The van der Waals surface area contributed by atoms with Crippen molar-refractivity contribution in [2.24, 2.45) is 5.41 Å². The van der Waals surface area contributed by atoms with E-state index in [2.05, 4.69) is 10.6 Å². The fourth-order valence-electron chi connectivity index (χ4n) is 2.88. The van der Waals surface area contributed by atoms with Crippen molar-refractivity contribution >= 4 is 28.9 Å². The molecule has 2 atom stereocenters. The number of nitrogens with one attached hydrogen (secondary N) is 2. The van der Waals surface area contributed by atoms with Gasteiger partial charge in [-0.1, -0.05) is 24.1 Å². The van der Waals surface area contributed by atoms with Gasteiger partial charge in [-0.25, -0.2) is 0 Å². The molecule has 1 aliphatic heterocycles. The van der Waals surface area contributed by atoms with Crippen molar-refractivity contribution < 1.29 is 4.79 Å². The fourth-order valence-corrected chi connectivity index (χ4v) is 3.11. The maximum atomic E-state index is 12.3. The van der Waals surface area contributed by atoms with Crippen LogP contribution in [0.15, 0.2) is 18.2 Å². The van der Waals surface area contributed by atoms with Gasteiger partial charge in [0.15, 0.2) is 0 Å². The Balaban J connectivity index is 2.09. The predicted octanol–water partition coefficient (Wildman–Crippen LogP) is 3.26. The van der Waals surface area contributed by atoms with E-state index in [0.717, 1.165) is 30.6 Å². The van der Waals surface area contributed by atoms with Crippen LogP contribution in [0.3, 0.4) is 0 Å². The third-order valence-electron chi connectivity index (χ3n) is 4.06. The Morgan fingerprint density at radius 1 is 1.47 bits per heavy atom. The second-order valence-corrected chi connectivity index (χ2v) is 5.53. The molecule has 1 aliphatic carbocycles. The highest BCUT2D eigenvalue weighted by Crippen LogP contribution is 2.45. The maximum absolute atomic E-state index is 12.3. The first kappa shape index (κ1) is 10.9. The molecule has 2 N–H and O–H groups in total. The van der Waals surface area contributed by atoms with Gasteiger partial charge in [0.25, 0.3) is 0 Å². The van der Waals surface area contributed by atoms with Crippen molar-refractivity contribution in [2.75, 3.05) is 10.6 Å². The number of para-hydroxylation sites is 1. The Hall–Kier alpha value is -1.22. The summed E-state index contributed by atoms with van der Waals surface area (Å²) < 4.78 is 0. The van der Waals surface area contributed by atoms with Gasteiger partial charge in [0, 0.05) is 6.04 Å². The molecular weight excluding hydrogens is 236 g/mol. The van der Waals surface area contributed by atoms with Crippen LogP contribution in [0.1, 0.15) is 26.2 Å². The van der Waals surface area contributed by atoms with Crippen molar-refractivity contribution in [2.45, 2.75) is 32.2 Å². The number of rotatable bonds is 0. The van der Waals surface area contributed by atoms with E-state index in [9.17, 15) is 4.79 Å². The highest BCUT2D eigenvalue weighted by atomic mass is 35.5. The largest absolute Gasteiger partial charge is 0.380 e. The summed E-state index contributed by atoms with van der Waals surface area (Å²) in [7, 11) is 0. The summed E-state index contributed by atoms with van der Waals surface area (Å²) in [5.74, 6) is 0.0827. The average molecular weight is 251 g/mol. The normalized spacial score (nSPS) is 30.9. The number of benzene rings is 1. The molecule has 0 saturated heterocycles. The van der Waals surface area contributed by atoms with Gasteiger partial charge in [-0.15, -0.1) is 0 Å². The SMILES string of the molecule is CC12CCCC1Nc1cccc(Cl)c1NC2=O. The Kier molecular flexibility index (Phi) is 2.33. The predicted molar refractivity (Wildman–Crippen MR) is 69.5 cm³/mol. The van der Waals surface area contributed by atoms with Gasteiger partial charge in [-0.05, 0) is 31.9 Å². The number of anilines is 2. The topological polar surface area (TPSA) is 41.1 Å². The number of fused-ring (bicyclic) bond motifs is 2. The summed E-state index contributed by atoms with van der Waals surface area (Å²) in [5.41, 5.74) is 1.33. The molecule has 3 nitrogen and oxygen atoms in total. The molecule has 1 heterocycles. The van der Waals surface area contributed by atoms with E-state index < -0.39 is 0 Å². The monoisotopic (exact) mass is 250 g/mol. The summed E-state index contributed by atoms with van der Waals surface area (Å²) in [6, 6.07) is 5.87. The van der Waals surface area contributed by atoms with Gasteiger partial charge in [-0.2, -0.15) is 0 Å². The van der Waals surface area contributed by atoms with E-state index in [1.54, 1.807) is 6.07 Å². The molecule has 90 valence electrons. The number of carbonyl (C=O) groups is 1.